The summed E-state index contributed by atoms with van der Waals surface area (Å²) in [6.45, 7) is 2.40. The van der Waals surface area contributed by atoms with Gasteiger partial charge in [-0.15, -0.1) is 0 Å². The predicted molar refractivity (Wildman–Crippen MR) is 98.7 cm³/mol. The molecule has 0 unspecified atom stereocenters. The van der Waals surface area contributed by atoms with Gasteiger partial charge in [-0.1, -0.05) is 36.4 Å². The standard InChI is InChI=1S/C20H22N2O3/c1-21(11-3-6-16-5-2-8-19(13-16)22(23)24)15-17-9-10-18-7-4-12-25-20(18)14-17/h2-3,5-6,8-10,13-14H,4,7,11-12,15H2,1H3. The lowest BCUT2D eigenvalue weighted by atomic mass is 10.0. The number of non-ortho nitro benzene ring substituents is 1. The quantitative estimate of drug-likeness (QED) is 0.588. The van der Waals surface area contributed by atoms with Gasteiger partial charge in [0.1, 0.15) is 5.75 Å². The molecule has 0 N–H and O–H groups in total. The number of fused-ring (bicyclic) bond motifs is 1. The normalized spacial score (nSPS) is 13.7. The number of benzene rings is 2. The Morgan fingerprint density at radius 2 is 2.16 bits per heavy atom. The summed E-state index contributed by atoms with van der Waals surface area (Å²) in [5, 5.41) is 10.8. The maximum atomic E-state index is 10.8. The molecule has 0 spiro atoms. The zero-order valence-electron chi connectivity index (χ0n) is 14.4. The van der Waals surface area contributed by atoms with Crippen LogP contribution in [0, 0.1) is 10.1 Å². The van der Waals surface area contributed by atoms with E-state index in [9.17, 15) is 10.1 Å². The van der Waals surface area contributed by atoms with Gasteiger partial charge >= 0.3 is 0 Å². The molecule has 0 saturated carbocycles. The van der Waals surface area contributed by atoms with E-state index in [1.54, 1.807) is 12.1 Å². The summed E-state index contributed by atoms with van der Waals surface area (Å²) in [5.74, 6) is 1.02. The molecule has 2 aromatic carbocycles. The number of ether oxygens (including phenoxy) is 1. The lowest BCUT2D eigenvalue weighted by molar-refractivity contribution is -0.384. The van der Waals surface area contributed by atoms with Gasteiger partial charge in [-0.05, 0) is 42.6 Å². The topological polar surface area (TPSA) is 55.6 Å². The maximum Gasteiger partial charge on any atom is 0.270 e. The van der Waals surface area contributed by atoms with Crippen molar-refractivity contribution in [2.24, 2.45) is 0 Å². The van der Waals surface area contributed by atoms with Crippen LogP contribution in [0.5, 0.6) is 5.75 Å². The highest BCUT2D eigenvalue weighted by atomic mass is 16.6. The SMILES string of the molecule is CN(CC=Cc1cccc([N+](=O)[O-])c1)Cc1ccc2c(c1)OCCC2. The Morgan fingerprint density at radius 3 is 3.00 bits per heavy atom. The van der Waals surface area contributed by atoms with E-state index in [0.29, 0.717) is 0 Å². The third-order valence-corrected chi connectivity index (χ3v) is 4.24. The van der Waals surface area contributed by atoms with Crippen molar-refractivity contribution >= 4 is 11.8 Å². The molecule has 0 radical (unpaired) electrons. The Hall–Kier alpha value is -2.66. The number of hydrogen-bond acceptors (Lipinski definition) is 4. The fourth-order valence-electron chi connectivity index (χ4n) is 2.97. The second-order valence-electron chi connectivity index (χ2n) is 6.35. The minimum absolute atomic E-state index is 0.115. The molecule has 5 nitrogen and oxygen atoms in total. The van der Waals surface area contributed by atoms with Crippen LogP contribution in [0.1, 0.15) is 23.1 Å². The third-order valence-electron chi connectivity index (χ3n) is 4.24. The molecular weight excluding hydrogens is 316 g/mol. The van der Waals surface area contributed by atoms with Crippen molar-refractivity contribution < 1.29 is 9.66 Å². The van der Waals surface area contributed by atoms with Crippen molar-refractivity contribution in [1.29, 1.82) is 0 Å². The summed E-state index contributed by atoms with van der Waals surface area (Å²) in [7, 11) is 2.05. The average Bonchev–Trinajstić information content (AvgIpc) is 2.62. The Bertz CT molecular complexity index is 786. The molecule has 0 atom stereocenters. The summed E-state index contributed by atoms with van der Waals surface area (Å²) < 4.78 is 5.73. The molecule has 130 valence electrons. The lowest BCUT2D eigenvalue weighted by Gasteiger charge is -2.20. The first kappa shape index (κ1) is 17.2. The molecule has 0 aromatic heterocycles. The molecule has 1 aliphatic heterocycles. The Labute approximate surface area is 147 Å². The molecule has 1 aliphatic rings. The highest BCUT2D eigenvalue weighted by Crippen LogP contribution is 2.26. The highest BCUT2D eigenvalue weighted by molar-refractivity contribution is 5.53. The van der Waals surface area contributed by atoms with Crippen LogP contribution in [0.4, 0.5) is 5.69 Å². The van der Waals surface area contributed by atoms with Crippen LogP contribution in [0.25, 0.3) is 6.08 Å². The summed E-state index contributed by atoms with van der Waals surface area (Å²) in [4.78, 5) is 12.6. The number of hydrogen-bond donors (Lipinski definition) is 0. The molecule has 3 rings (SSSR count). The fourth-order valence-corrected chi connectivity index (χ4v) is 2.97. The molecular formula is C20H22N2O3. The van der Waals surface area contributed by atoms with E-state index in [4.69, 9.17) is 4.74 Å². The second-order valence-corrected chi connectivity index (χ2v) is 6.35. The van der Waals surface area contributed by atoms with E-state index in [1.165, 1.54) is 17.2 Å². The van der Waals surface area contributed by atoms with Crippen molar-refractivity contribution in [2.45, 2.75) is 19.4 Å². The monoisotopic (exact) mass is 338 g/mol. The van der Waals surface area contributed by atoms with Crippen LogP contribution < -0.4 is 4.74 Å². The van der Waals surface area contributed by atoms with Crippen LogP contribution in [-0.2, 0) is 13.0 Å². The number of nitrogens with zero attached hydrogens (tertiary/aromatic N) is 2. The molecule has 5 heteroatoms. The van der Waals surface area contributed by atoms with Crippen molar-refractivity contribution in [3.8, 4) is 5.75 Å². The number of aryl methyl sites for hydroxylation is 1. The molecule has 0 fully saturated rings. The van der Waals surface area contributed by atoms with Gasteiger partial charge in [0.05, 0.1) is 11.5 Å². The number of nitro benzene ring substituents is 1. The van der Waals surface area contributed by atoms with Gasteiger partial charge in [0.25, 0.3) is 5.69 Å². The molecule has 25 heavy (non-hydrogen) atoms. The van der Waals surface area contributed by atoms with Crippen molar-refractivity contribution in [3.63, 3.8) is 0 Å². The largest absolute Gasteiger partial charge is 0.493 e. The Kier molecular flexibility index (Phi) is 5.46. The predicted octanol–water partition coefficient (Wildman–Crippen LogP) is 4.07. The van der Waals surface area contributed by atoms with Crippen LogP contribution >= 0.6 is 0 Å². The summed E-state index contributed by atoms with van der Waals surface area (Å²) in [5.41, 5.74) is 3.48. The van der Waals surface area contributed by atoms with Crippen molar-refractivity contribution in [1.82, 2.24) is 4.90 Å². The lowest BCUT2D eigenvalue weighted by Crippen LogP contribution is -2.18. The minimum Gasteiger partial charge on any atom is -0.493 e. The fraction of sp³-hybridized carbons (Fsp3) is 0.300. The van der Waals surface area contributed by atoms with Gasteiger partial charge in [0.15, 0.2) is 0 Å². The molecule has 1 heterocycles. The van der Waals surface area contributed by atoms with Gasteiger partial charge in [-0.2, -0.15) is 0 Å². The van der Waals surface area contributed by atoms with E-state index in [0.717, 1.165) is 43.9 Å². The molecule has 2 aromatic rings. The number of rotatable bonds is 6. The van der Waals surface area contributed by atoms with E-state index in [1.807, 2.05) is 18.2 Å². The first-order valence-electron chi connectivity index (χ1n) is 8.46. The third kappa shape index (κ3) is 4.67. The first-order valence-corrected chi connectivity index (χ1v) is 8.46. The Morgan fingerprint density at radius 1 is 1.28 bits per heavy atom. The summed E-state index contributed by atoms with van der Waals surface area (Å²) in [6.07, 6.45) is 6.12. The maximum absolute atomic E-state index is 10.8. The van der Waals surface area contributed by atoms with Crippen LogP contribution in [-0.4, -0.2) is 30.0 Å². The van der Waals surface area contributed by atoms with Gasteiger partial charge in [0.2, 0.25) is 0 Å². The first-order chi connectivity index (χ1) is 12.1. The van der Waals surface area contributed by atoms with E-state index in [2.05, 4.69) is 30.1 Å². The van der Waals surface area contributed by atoms with Crippen molar-refractivity contribution in [2.75, 3.05) is 20.2 Å². The molecule has 0 aliphatic carbocycles. The van der Waals surface area contributed by atoms with Gasteiger partial charge in [-0.3, -0.25) is 15.0 Å². The van der Waals surface area contributed by atoms with Crippen molar-refractivity contribution in [3.05, 3.63) is 75.3 Å². The number of nitro groups is 1. The second kappa shape index (κ2) is 7.94. The van der Waals surface area contributed by atoms with E-state index < -0.39 is 0 Å². The van der Waals surface area contributed by atoms with Crippen LogP contribution in [0.15, 0.2) is 48.5 Å². The van der Waals surface area contributed by atoms with Gasteiger partial charge < -0.3 is 4.74 Å². The summed E-state index contributed by atoms with van der Waals surface area (Å²) >= 11 is 0. The average molecular weight is 338 g/mol. The van der Waals surface area contributed by atoms with Gasteiger partial charge in [0, 0.05) is 25.2 Å². The van der Waals surface area contributed by atoms with Crippen LogP contribution in [0.3, 0.4) is 0 Å². The zero-order chi connectivity index (χ0) is 17.6. The summed E-state index contributed by atoms with van der Waals surface area (Å²) in [6, 6.07) is 13.1. The Balaban J connectivity index is 1.56. The van der Waals surface area contributed by atoms with E-state index in [-0.39, 0.29) is 10.6 Å². The number of likely N-dealkylation sites (N-methyl/N-ethyl adjacent to an activating group) is 1. The minimum atomic E-state index is -0.373. The van der Waals surface area contributed by atoms with E-state index >= 15 is 0 Å². The molecule has 0 saturated heterocycles. The highest BCUT2D eigenvalue weighted by Gasteiger charge is 2.11. The van der Waals surface area contributed by atoms with Crippen LogP contribution in [0.2, 0.25) is 0 Å². The van der Waals surface area contributed by atoms with Gasteiger partial charge in [-0.25, -0.2) is 0 Å². The molecule has 0 bridgehead atoms. The molecule has 0 amide bonds. The zero-order valence-corrected chi connectivity index (χ0v) is 14.4. The smallest absolute Gasteiger partial charge is 0.270 e.